The van der Waals surface area contributed by atoms with Crippen molar-refractivity contribution in [3.63, 3.8) is 0 Å². The summed E-state index contributed by atoms with van der Waals surface area (Å²) in [5.41, 5.74) is 1.63. The first-order chi connectivity index (χ1) is 9.40. The lowest BCUT2D eigenvalue weighted by atomic mass is 10.1. The third-order valence-corrected chi connectivity index (χ3v) is 2.96. The Bertz CT molecular complexity index is 596. The predicted octanol–water partition coefficient (Wildman–Crippen LogP) is 2.95. The van der Waals surface area contributed by atoms with Gasteiger partial charge >= 0.3 is 6.18 Å². The van der Waals surface area contributed by atoms with Gasteiger partial charge in [0.25, 0.3) is 0 Å². The first kappa shape index (κ1) is 14.6. The lowest BCUT2D eigenvalue weighted by Crippen LogP contribution is -2.31. The Morgan fingerprint density at radius 2 is 1.95 bits per heavy atom. The van der Waals surface area contributed by atoms with Gasteiger partial charge in [0.2, 0.25) is 0 Å². The molecule has 0 spiro atoms. The number of nitrogens with one attached hydrogen (secondary N) is 1. The van der Waals surface area contributed by atoms with Gasteiger partial charge in [0.05, 0.1) is 5.52 Å². The highest BCUT2D eigenvalue weighted by Crippen LogP contribution is 2.25. The number of pyridine rings is 1. The Kier molecular flexibility index (Phi) is 4.13. The van der Waals surface area contributed by atoms with Gasteiger partial charge < -0.3 is 10.2 Å². The van der Waals surface area contributed by atoms with E-state index in [0.29, 0.717) is 17.9 Å². The van der Waals surface area contributed by atoms with E-state index in [0.717, 1.165) is 15.8 Å². The van der Waals surface area contributed by atoms with Crippen molar-refractivity contribution in [2.24, 2.45) is 0 Å². The molecule has 6 heteroatoms. The van der Waals surface area contributed by atoms with Crippen LogP contribution in [-0.2, 0) is 6.54 Å². The minimum Gasteiger partial charge on any atom is -0.351 e. The number of para-hydroxylation sites is 1. The molecule has 1 aromatic carbocycles. The summed E-state index contributed by atoms with van der Waals surface area (Å²) in [4.78, 5) is 5.42. The van der Waals surface area contributed by atoms with Crippen molar-refractivity contribution in [1.29, 1.82) is 0 Å². The number of rotatable bonds is 4. The molecule has 1 N–H and O–H groups in total. The molecule has 0 atom stereocenters. The fourth-order valence-corrected chi connectivity index (χ4v) is 2.11. The van der Waals surface area contributed by atoms with Crippen LogP contribution in [0.1, 0.15) is 5.56 Å². The van der Waals surface area contributed by atoms with Crippen LogP contribution in [0.5, 0.6) is 0 Å². The molecule has 2 rings (SSSR count). The first-order valence-electron chi connectivity index (χ1n) is 6.22. The van der Waals surface area contributed by atoms with Gasteiger partial charge in [-0.25, -0.2) is 4.98 Å². The van der Waals surface area contributed by atoms with Crippen molar-refractivity contribution in [3.8, 4) is 0 Å². The molecule has 0 saturated heterocycles. The molecular formula is C14H16F3N3. The van der Waals surface area contributed by atoms with E-state index in [1.165, 1.54) is 7.05 Å². The smallest absolute Gasteiger partial charge is 0.351 e. The minimum absolute atomic E-state index is 0.325. The molecule has 0 unspecified atom stereocenters. The van der Waals surface area contributed by atoms with E-state index in [2.05, 4.69) is 10.3 Å². The Hall–Kier alpha value is -1.82. The van der Waals surface area contributed by atoms with Crippen LogP contribution >= 0.6 is 0 Å². The van der Waals surface area contributed by atoms with E-state index in [1.54, 1.807) is 19.2 Å². The molecule has 108 valence electrons. The monoisotopic (exact) mass is 283 g/mol. The maximum Gasteiger partial charge on any atom is 0.405 e. The molecule has 0 aliphatic carbocycles. The summed E-state index contributed by atoms with van der Waals surface area (Å²) in [6, 6.07) is 9.14. The zero-order chi connectivity index (χ0) is 14.8. The van der Waals surface area contributed by atoms with Crippen molar-refractivity contribution >= 4 is 16.7 Å². The number of hydrogen-bond acceptors (Lipinski definition) is 3. The normalized spacial score (nSPS) is 11.8. The Balaban J connectivity index is 2.44. The average molecular weight is 283 g/mol. The molecule has 0 fully saturated rings. The van der Waals surface area contributed by atoms with Gasteiger partial charge in [0.15, 0.2) is 0 Å². The van der Waals surface area contributed by atoms with Gasteiger partial charge in [-0.1, -0.05) is 18.2 Å². The SMILES string of the molecule is CNCc1cc(N(C)CC(F)(F)F)nc2ccccc12. The van der Waals surface area contributed by atoms with E-state index in [4.69, 9.17) is 0 Å². The van der Waals surface area contributed by atoms with Crippen molar-refractivity contribution in [2.75, 3.05) is 25.5 Å². The predicted molar refractivity (Wildman–Crippen MR) is 73.8 cm³/mol. The molecule has 2 aromatic rings. The van der Waals surface area contributed by atoms with Crippen molar-refractivity contribution < 1.29 is 13.2 Å². The summed E-state index contributed by atoms with van der Waals surface area (Å²) in [6.07, 6.45) is -4.24. The van der Waals surface area contributed by atoms with E-state index in [1.807, 2.05) is 18.2 Å². The summed E-state index contributed by atoms with van der Waals surface area (Å²) in [6.45, 7) is -0.437. The van der Waals surface area contributed by atoms with Gasteiger partial charge in [-0.15, -0.1) is 0 Å². The van der Waals surface area contributed by atoms with Crippen LogP contribution in [0, 0.1) is 0 Å². The Morgan fingerprint density at radius 3 is 2.60 bits per heavy atom. The molecule has 1 aromatic heterocycles. The van der Waals surface area contributed by atoms with E-state index >= 15 is 0 Å². The number of benzene rings is 1. The van der Waals surface area contributed by atoms with Crippen molar-refractivity contribution in [1.82, 2.24) is 10.3 Å². The largest absolute Gasteiger partial charge is 0.405 e. The molecule has 0 aliphatic rings. The zero-order valence-corrected chi connectivity index (χ0v) is 11.3. The van der Waals surface area contributed by atoms with Crippen molar-refractivity contribution in [3.05, 3.63) is 35.9 Å². The van der Waals surface area contributed by atoms with Crippen LogP contribution in [0.25, 0.3) is 10.9 Å². The fourth-order valence-electron chi connectivity index (χ4n) is 2.11. The maximum absolute atomic E-state index is 12.5. The lowest BCUT2D eigenvalue weighted by Gasteiger charge is -2.21. The molecule has 0 aliphatic heterocycles. The highest BCUT2D eigenvalue weighted by molar-refractivity contribution is 5.84. The molecule has 20 heavy (non-hydrogen) atoms. The van der Waals surface area contributed by atoms with Crippen molar-refractivity contribution in [2.45, 2.75) is 12.7 Å². The second kappa shape index (κ2) is 5.66. The Morgan fingerprint density at radius 1 is 1.25 bits per heavy atom. The second-order valence-corrected chi connectivity index (χ2v) is 4.66. The molecule has 0 saturated carbocycles. The maximum atomic E-state index is 12.5. The highest BCUT2D eigenvalue weighted by atomic mass is 19.4. The number of fused-ring (bicyclic) bond motifs is 1. The van der Waals surface area contributed by atoms with Gasteiger partial charge in [-0.05, 0) is 24.7 Å². The van der Waals surface area contributed by atoms with Crippen LogP contribution in [-0.4, -0.2) is 31.8 Å². The summed E-state index contributed by atoms with van der Waals surface area (Å²) in [5.74, 6) is 0.325. The average Bonchev–Trinajstić information content (AvgIpc) is 2.37. The van der Waals surface area contributed by atoms with E-state index in [-0.39, 0.29) is 0 Å². The van der Waals surface area contributed by atoms with Crippen LogP contribution in [0.3, 0.4) is 0 Å². The molecule has 0 amide bonds. The lowest BCUT2D eigenvalue weighted by molar-refractivity contribution is -0.119. The number of hydrogen-bond donors (Lipinski definition) is 1. The second-order valence-electron chi connectivity index (χ2n) is 4.66. The topological polar surface area (TPSA) is 28.2 Å². The number of halogens is 3. The van der Waals surface area contributed by atoms with Crippen LogP contribution in [0.4, 0.5) is 19.0 Å². The fraction of sp³-hybridized carbons (Fsp3) is 0.357. The standard InChI is InChI=1S/C14H16F3N3/c1-18-8-10-7-13(20(2)9-14(15,16)17)19-12-6-4-3-5-11(10)12/h3-7,18H,8-9H2,1-2H3. The molecule has 1 heterocycles. The summed E-state index contributed by atoms with van der Waals surface area (Å²) in [5, 5.41) is 3.97. The number of nitrogens with zero attached hydrogens (tertiary/aromatic N) is 2. The number of aromatic nitrogens is 1. The Labute approximate surface area is 115 Å². The zero-order valence-electron chi connectivity index (χ0n) is 11.3. The minimum atomic E-state index is -4.24. The molecule has 3 nitrogen and oxygen atoms in total. The summed E-state index contributed by atoms with van der Waals surface area (Å²) >= 11 is 0. The van der Waals surface area contributed by atoms with Crippen LogP contribution < -0.4 is 10.2 Å². The number of anilines is 1. The summed E-state index contributed by atoms with van der Waals surface area (Å²) in [7, 11) is 3.20. The molecule has 0 radical (unpaired) electrons. The third kappa shape index (κ3) is 3.39. The first-order valence-corrected chi connectivity index (χ1v) is 6.22. The summed E-state index contributed by atoms with van der Waals surface area (Å²) < 4.78 is 37.4. The van der Waals surface area contributed by atoms with E-state index in [9.17, 15) is 13.2 Å². The molecular weight excluding hydrogens is 267 g/mol. The quantitative estimate of drug-likeness (QED) is 0.935. The molecule has 0 bridgehead atoms. The number of alkyl halides is 3. The van der Waals surface area contributed by atoms with Gasteiger partial charge in [0.1, 0.15) is 12.4 Å². The van der Waals surface area contributed by atoms with Crippen LogP contribution in [0.2, 0.25) is 0 Å². The highest BCUT2D eigenvalue weighted by Gasteiger charge is 2.30. The van der Waals surface area contributed by atoms with Gasteiger partial charge in [-0.2, -0.15) is 13.2 Å². The van der Waals surface area contributed by atoms with Gasteiger partial charge in [-0.3, -0.25) is 0 Å². The third-order valence-electron chi connectivity index (χ3n) is 2.96. The van der Waals surface area contributed by atoms with Gasteiger partial charge in [0, 0.05) is 19.0 Å². The van der Waals surface area contributed by atoms with E-state index < -0.39 is 12.7 Å². The van der Waals surface area contributed by atoms with Crippen LogP contribution in [0.15, 0.2) is 30.3 Å².